The van der Waals surface area contributed by atoms with Gasteiger partial charge in [-0.25, -0.2) is 0 Å². The molecule has 0 spiro atoms. The summed E-state index contributed by atoms with van der Waals surface area (Å²) in [7, 11) is 5.30. The SMILES string of the molecule is CCC(COC)Oc1cc(OCc2ccccc2)cc(C(=O)NC(=N)/C=C\N(C)C)c1. The number of hydrogen-bond acceptors (Lipinski definition) is 6. The van der Waals surface area contributed by atoms with Gasteiger partial charge in [0.25, 0.3) is 5.91 Å². The van der Waals surface area contributed by atoms with Crippen LogP contribution in [-0.2, 0) is 11.3 Å². The van der Waals surface area contributed by atoms with Crippen LogP contribution in [0.25, 0.3) is 0 Å². The first kappa shape index (κ1) is 24.0. The number of benzene rings is 2. The van der Waals surface area contributed by atoms with Crippen LogP contribution in [0.2, 0.25) is 0 Å². The third-order valence-electron chi connectivity index (χ3n) is 4.29. The number of methoxy groups -OCH3 is 1. The molecular formula is C24H31N3O4. The predicted molar refractivity (Wildman–Crippen MR) is 122 cm³/mol. The molecule has 7 nitrogen and oxygen atoms in total. The summed E-state index contributed by atoms with van der Waals surface area (Å²) in [5.74, 6) is 0.593. The third kappa shape index (κ3) is 8.52. The van der Waals surface area contributed by atoms with Crippen molar-refractivity contribution in [3.63, 3.8) is 0 Å². The van der Waals surface area contributed by atoms with Crippen LogP contribution in [0.5, 0.6) is 11.5 Å². The number of amides is 1. The highest BCUT2D eigenvalue weighted by Crippen LogP contribution is 2.25. The molecule has 2 N–H and O–H groups in total. The fraction of sp³-hybridized carbons (Fsp3) is 0.333. The second kappa shape index (κ2) is 12.4. The molecule has 2 aromatic carbocycles. The first-order valence-corrected chi connectivity index (χ1v) is 10.1. The van der Waals surface area contributed by atoms with Crippen LogP contribution in [0.4, 0.5) is 0 Å². The van der Waals surface area contributed by atoms with Crippen molar-refractivity contribution in [2.24, 2.45) is 0 Å². The van der Waals surface area contributed by atoms with Gasteiger partial charge in [-0.05, 0) is 30.2 Å². The van der Waals surface area contributed by atoms with Crippen LogP contribution in [0, 0.1) is 5.41 Å². The Morgan fingerprint density at radius 2 is 1.87 bits per heavy atom. The number of rotatable bonds is 11. The maximum atomic E-state index is 12.7. The average molecular weight is 426 g/mol. The van der Waals surface area contributed by atoms with Gasteiger partial charge in [-0.2, -0.15) is 0 Å². The summed E-state index contributed by atoms with van der Waals surface area (Å²) in [5.41, 5.74) is 1.36. The van der Waals surface area contributed by atoms with Crippen molar-refractivity contribution in [1.82, 2.24) is 10.2 Å². The minimum absolute atomic E-state index is 0.0115. The van der Waals surface area contributed by atoms with Crippen LogP contribution >= 0.6 is 0 Å². The Bertz CT molecular complexity index is 882. The topological polar surface area (TPSA) is 83.9 Å². The molecule has 0 saturated heterocycles. The molecule has 1 unspecified atom stereocenters. The number of amidine groups is 1. The van der Waals surface area contributed by atoms with Crippen LogP contribution in [0.15, 0.2) is 60.8 Å². The predicted octanol–water partition coefficient (Wildman–Crippen LogP) is 3.85. The van der Waals surface area contributed by atoms with Crippen molar-refractivity contribution >= 4 is 11.7 Å². The van der Waals surface area contributed by atoms with Crippen LogP contribution in [0.3, 0.4) is 0 Å². The van der Waals surface area contributed by atoms with Crippen molar-refractivity contribution in [3.8, 4) is 11.5 Å². The average Bonchev–Trinajstić information content (AvgIpc) is 2.76. The van der Waals surface area contributed by atoms with E-state index in [1.54, 1.807) is 36.4 Å². The zero-order chi connectivity index (χ0) is 22.6. The van der Waals surface area contributed by atoms with E-state index in [0.29, 0.717) is 30.3 Å². The van der Waals surface area contributed by atoms with Gasteiger partial charge in [0.05, 0.1) is 6.61 Å². The summed E-state index contributed by atoms with van der Waals surface area (Å²) < 4.78 is 17.1. The van der Waals surface area contributed by atoms with Gasteiger partial charge in [-0.15, -0.1) is 0 Å². The number of carbonyl (C=O) groups is 1. The van der Waals surface area contributed by atoms with Crippen LogP contribution in [0.1, 0.15) is 29.3 Å². The lowest BCUT2D eigenvalue weighted by atomic mass is 10.1. The minimum Gasteiger partial charge on any atom is -0.489 e. The molecule has 0 aliphatic carbocycles. The Morgan fingerprint density at radius 3 is 2.52 bits per heavy atom. The first-order chi connectivity index (χ1) is 14.9. The van der Waals surface area contributed by atoms with E-state index in [-0.39, 0.29) is 11.9 Å². The Hall–Kier alpha value is -3.32. The molecule has 2 aromatic rings. The summed E-state index contributed by atoms with van der Waals surface area (Å²) in [6.45, 7) is 2.81. The lowest BCUT2D eigenvalue weighted by Gasteiger charge is -2.18. The molecule has 0 fully saturated rings. The standard InChI is InChI=1S/C24H31N3O4/c1-5-20(17-29-4)31-22-14-19(24(28)26-23(25)11-12-27(2)3)13-21(15-22)30-16-18-9-7-6-8-10-18/h6-15,20H,5,16-17H2,1-4H3,(H2,25,26,28)/b12-11-. The fourth-order valence-corrected chi connectivity index (χ4v) is 2.67. The molecule has 0 saturated carbocycles. The molecule has 2 rings (SSSR count). The first-order valence-electron chi connectivity index (χ1n) is 10.1. The zero-order valence-electron chi connectivity index (χ0n) is 18.6. The number of ether oxygens (including phenoxy) is 3. The largest absolute Gasteiger partial charge is 0.489 e. The quantitative estimate of drug-likeness (QED) is 0.422. The van der Waals surface area contributed by atoms with E-state index >= 15 is 0 Å². The zero-order valence-corrected chi connectivity index (χ0v) is 18.6. The molecule has 31 heavy (non-hydrogen) atoms. The number of nitrogens with one attached hydrogen (secondary N) is 2. The number of nitrogens with zero attached hydrogens (tertiary/aromatic N) is 1. The van der Waals surface area contributed by atoms with Gasteiger partial charge in [-0.1, -0.05) is 37.3 Å². The highest BCUT2D eigenvalue weighted by Gasteiger charge is 2.14. The van der Waals surface area contributed by atoms with E-state index in [9.17, 15) is 4.79 Å². The monoisotopic (exact) mass is 425 g/mol. The molecular weight excluding hydrogens is 394 g/mol. The van der Waals surface area contributed by atoms with Gasteiger partial charge in [0.2, 0.25) is 0 Å². The van der Waals surface area contributed by atoms with E-state index in [1.807, 2.05) is 51.4 Å². The van der Waals surface area contributed by atoms with E-state index in [4.69, 9.17) is 19.6 Å². The fourth-order valence-electron chi connectivity index (χ4n) is 2.67. The maximum Gasteiger partial charge on any atom is 0.257 e. The Balaban J connectivity index is 2.22. The Labute approximate surface area is 184 Å². The minimum atomic E-state index is -0.414. The highest BCUT2D eigenvalue weighted by molar-refractivity contribution is 6.09. The van der Waals surface area contributed by atoms with Crippen molar-refractivity contribution in [3.05, 3.63) is 71.9 Å². The molecule has 1 amide bonds. The van der Waals surface area contributed by atoms with Crippen LogP contribution < -0.4 is 14.8 Å². The molecule has 0 aliphatic rings. The van der Waals surface area contributed by atoms with Gasteiger partial charge in [0.15, 0.2) is 0 Å². The molecule has 1 atom stereocenters. The summed E-state index contributed by atoms with van der Waals surface area (Å²) >= 11 is 0. The van der Waals surface area contributed by atoms with Crippen LogP contribution in [-0.4, -0.2) is 50.6 Å². The number of hydrogen-bond donors (Lipinski definition) is 2. The summed E-state index contributed by atoms with van der Waals surface area (Å²) in [4.78, 5) is 14.5. The Morgan fingerprint density at radius 1 is 1.16 bits per heavy atom. The van der Waals surface area contributed by atoms with Gasteiger partial charge in [-0.3, -0.25) is 10.2 Å². The van der Waals surface area contributed by atoms with Crippen molar-refractivity contribution in [2.75, 3.05) is 27.8 Å². The van der Waals surface area contributed by atoms with Crippen molar-refractivity contribution in [2.45, 2.75) is 26.1 Å². The van der Waals surface area contributed by atoms with E-state index in [1.165, 1.54) is 6.08 Å². The Kier molecular flexibility index (Phi) is 9.58. The second-order valence-corrected chi connectivity index (χ2v) is 7.22. The van der Waals surface area contributed by atoms with Gasteiger partial charge in [0.1, 0.15) is 30.0 Å². The van der Waals surface area contributed by atoms with Gasteiger partial charge < -0.3 is 24.4 Å². The van der Waals surface area contributed by atoms with E-state index < -0.39 is 5.91 Å². The van der Waals surface area contributed by atoms with E-state index in [0.717, 1.165) is 12.0 Å². The molecule has 0 heterocycles. The molecule has 0 bridgehead atoms. The molecule has 7 heteroatoms. The lowest BCUT2D eigenvalue weighted by Crippen LogP contribution is -2.29. The molecule has 0 radical (unpaired) electrons. The summed E-state index contributed by atoms with van der Waals surface area (Å²) in [5, 5.41) is 10.5. The summed E-state index contributed by atoms with van der Waals surface area (Å²) in [6.07, 6.45) is 3.81. The maximum absolute atomic E-state index is 12.7. The summed E-state index contributed by atoms with van der Waals surface area (Å²) in [6, 6.07) is 14.8. The molecule has 0 aliphatic heterocycles. The van der Waals surface area contributed by atoms with Crippen molar-refractivity contribution < 1.29 is 19.0 Å². The van der Waals surface area contributed by atoms with Gasteiger partial charge >= 0.3 is 0 Å². The lowest BCUT2D eigenvalue weighted by molar-refractivity contribution is 0.0783. The van der Waals surface area contributed by atoms with Crippen molar-refractivity contribution in [1.29, 1.82) is 5.41 Å². The second-order valence-electron chi connectivity index (χ2n) is 7.22. The van der Waals surface area contributed by atoms with E-state index in [2.05, 4.69) is 5.32 Å². The third-order valence-corrected chi connectivity index (χ3v) is 4.29. The number of carbonyl (C=O) groups excluding carboxylic acids is 1. The smallest absolute Gasteiger partial charge is 0.257 e. The highest BCUT2D eigenvalue weighted by atomic mass is 16.5. The molecule has 166 valence electrons. The normalized spacial score (nSPS) is 11.7. The molecule has 0 aromatic heterocycles. The van der Waals surface area contributed by atoms with Gasteiger partial charge in [0, 0.05) is 39.0 Å².